The first-order valence-corrected chi connectivity index (χ1v) is 5.22. The van der Waals surface area contributed by atoms with Crippen LogP contribution in [0.1, 0.15) is 59.8 Å². The molecule has 0 amide bonds. The quantitative estimate of drug-likeness (QED) is 0.651. The summed E-state index contributed by atoms with van der Waals surface area (Å²) >= 11 is 0. The van der Waals surface area contributed by atoms with Gasteiger partial charge < -0.3 is 5.11 Å². The molecule has 0 aliphatic rings. The zero-order valence-corrected chi connectivity index (χ0v) is 9.06. The van der Waals surface area contributed by atoms with Crippen LogP contribution in [0.25, 0.3) is 0 Å². The van der Waals surface area contributed by atoms with Gasteiger partial charge in [-0.2, -0.15) is 0 Å². The Labute approximate surface area is 77.2 Å². The molecule has 0 aromatic carbocycles. The molecule has 0 aliphatic heterocycles. The topological polar surface area (TPSA) is 20.2 Å². The van der Waals surface area contributed by atoms with Crippen molar-refractivity contribution in [2.75, 3.05) is 0 Å². The smallest absolute Gasteiger partial charge is 0.0591 e. The van der Waals surface area contributed by atoms with E-state index >= 15 is 0 Å². The zero-order chi connectivity index (χ0) is 9.61. The highest BCUT2D eigenvalue weighted by atomic mass is 16.3. The van der Waals surface area contributed by atoms with E-state index in [1.54, 1.807) is 0 Å². The van der Waals surface area contributed by atoms with Crippen LogP contribution in [0.2, 0.25) is 0 Å². The SMILES string of the molecule is CCCCC(C)(C)C(O)CCC. The third-order valence-electron chi connectivity index (χ3n) is 2.64. The van der Waals surface area contributed by atoms with Crippen molar-refractivity contribution >= 4 is 0 Å². The van der Waals surface area contributed by atoms with Crippen LogP contribution in [0.5, 0.6) is 0 Å². The molecule has 1 unspecified atom stereocenters. The fraction of sp³-hybridized carbons (Fsp3) is 1.00. The van der Waals surface area contributed by atoms with Gasteiger partial charge in [0.25, 0.3) is 0 Å². The lowest BCUT2D eigenvalue weighted by Crippen LogP contribution is -2.28. The van der Waals surface area contributed by atoms with Gasteiger partial charge in [-0.15, -0.1) is 0 Å². The Bertz CT molecular complexity index is 108. The molecule has 0 saturated heterocycles. The minimum atomic E-state index is -0.117. The number of rotatable bonds is 6. The van der Waals surface area contributed by atoms with Gasteiger partial charge in [-0.05, 0) is 18.3 Å². The summed E-state index contributed by atoms with van der Waals surface area (Å²) in [6.45, 7) is 8.66. The molecule has 74 valence electrons. The highest BCUT2D eigenvalue weighted by Crippen LogP contribution is 2.29. The molecule has 1 atom stereocenters. The van der Waals surface area contributed by atoms with E-state index in [0.717, 1.165) is 19.3 Å². The molecule has 0 saturated carbocycles. The monoisotopic (exact) mass is 172 g/mol. The molecule has 1 N–H and O–H groups in total. The van der Waals surface area contributed by atoms with E-state index in [9.17, 15) is 5.11 Å². The average Bonchev–Trinajstić information content (AvgIpc) is 2.01. The summed E-state index contributed by atoms with van der Waals surface area (Å²) < 4.78 is 0. The number of hydrogen-bond acceptors (Lipinski definition) is 1. The molecule has 0 aromatic heterocycles. The van der Waals surface area contributed by atoms with Gasteiger partial charge in [-0.25, -0.2) is 0 Å². The van der Waals surface area contributed by atoms with Gasteiger partial charge in [0, 0.05) is 0 Å². The van der Waals surface area contributed by atoms with Crippen LogP contribution in [-0.2, 0) is 0 Å². The van der Waals surface area contributed by atoms with Crippen molar-refractivity contribution in [1.29, 1.82) is 0 Å². The minimum Gasteiger partial charge on any atom is -0.393 e. The molecule has 0 heterocycles. The fourth-order valence-electron chi connectivity index (χ4n) is 1.46. The van der Waals surface area contributed by atoms with Crippen LogP contribution >= 0.6 is 0 Å². The lowest BCUT2D eigenvalue weighted by Gasteiger charge is -2.30. The maximum absolute atomic E-state index is 9.80. The highest BCUT2D eigenvalue weighted by Gasteiger charge is 2.25. The second-order valence-corrected chi connectivity index (χ2v) is 4.40. The summed E-state index contributed by atoms with van der Waals surface area (Å²) in [6, 6.07) is 0. The summed E-state index contributed by atoms with van der Waals surface area (Å²) in [6.07, 6.45) is 5.50. The Hall–Kier alpha value is -0.0400. The Kier molecular flexibility index (Phi) is 5.56. The molecule has 0 radical (unpaired) electrons. The minimum absolute atomic E-state index is 0.117. The van der Waals surface area contributed by atoms with Crippen molar-refractivity contribution in [2.45, 2.75) is 65.9 Å². The van der Waals surface area contributed by atoms with Crippen LogP contribution in [0, 0.1) is 5.41 Å². The Morgan fingerprint density at radius 2 is 1.75 bits per heavy atom. The van der Waals surface area contributed by atoms with E-state index in [-0.39, 0.29) is 11.5 Å². The lowest BCUT2D eigenvalue weighted by atomic mass is 9.80. The van der Waals surface area contributed by atoms with E-state index in [1.807, 2.05) is 0 Å². The lowest BCUT2D eigenvalue weighted by molar-refractivity contribution is 0.0352. The summed E-state index contributed by atoms with van der Waals surface area (Å²) in [5, 5.41) is 9.80. The fourth-order valence-corrected chi connectivity index (χ4v) is 1.46. The van der Waals surface area contributed by atoms with Crippen molar-refractivity contribution in [3.63, 3.8) is 0 Å². The van der Waals surface area contributed by atoms with E-state index < -0.39 is 0 Å². The van der Waals surface area contributed by atoms with Crippen molar-refractivity contribution in [1.82, 2.24) is 0 Å². The van der Waals surface area contributed by atoms with Crippen LogP contribution in [-0.4, -0.2) is 11.2 Å². The Balaban J connectivity index is 3.81. The third kappa shape index (κ3) is 4.10. The van der Waals surface area contributed by atoms with Gasteiger partial charge in [0.2, 0.25) is 0 Å². The van der Waals surface area contributed by atoms with Gasteiger partial charge >= 0.3 is 0 Å². The maximum Gasteiger partial charge on any atom is 0.0591 e. The van der Waals surface area contributed by atoms with Crippen LogP contribution in [0.15, 0.2) is 0 Å². The largest absolute Gasteiger partial charge is 0.393 e. The van der Waals surface area contributed by atoms with E-state index in [2.05, 4.69) is 27.7 Å². The van der Waals surface area contributed by atoms with E-state index in [1.165, 1.54) is 12.8 Å². The predicted octanol–water partition coefficient (Wildman–Crippen LogP) is 3.36. The Morgan fingerprint density at radius 3 is 2.17 bits per heavy atom. The summed E-state index contributed by atoms with van der Waals surface area (Å²) in [5.41, 5.74) is 0.117. The molecular weight excluding hydrogens is 148 g/mol. The Morgan fingerprint density at radius 1 is 1.17 bits per heavy atom. The summed E-state index contributed by atoms with van der Waals surface area (Å²) in [5.74, 6) is 0. The van der Waals surface area contributed by atoms with Gasteiger partial charge in [0.15, 0.2) is 0 Å². The molecule has 0 aliphatic carbocycles. The molecule has 12 heavy (non-hydrogen) atoms. The zero-order valence-electron chi connectivity index (χ0n) is 9.06. The molecule has 1 nitrogen and oxygen atoms in total. The number of unbranched alkanes of at least 4 members (excludes halogenated alkanes) is 1. The van der Waals surface area contributed by atoms with E-state index in [0.29, 0.717) is 0 Å². The second-order valence-electron chi connectivity index (χ2n) is 4.40. The summed E-state index contributed by atoms with van der Waals surface area (Å²) in [4.78, 5) is 0. The maximum atomic E-state index is 9.80. The highest BCUT2D eigenvalue weighted by molar-refractivity contribution is 4.76. The van der Waals surface area contributed by atoms with Crippen molar-refractivity contribution < 1.29 is 5.11 Å². The van der Waals surface area contributed by atoms with Crippen molar-refractivity contribution in [3.8, 4) is 0 Å². The van der Waals surface area contributed by atoms with Crippen molar-refractivity contribution in [2.24, 2.45) is 5.41 Å². The van der Waals surface area contributed by atoms with Crippen LogP contribution < -0.4 is 0 Å². The molecule has 0 aromatic rings. The molecule has 0 fully saturated rings. The first-order chi connectivity index (χ1) is 5.54. The standard InChI is InChI=1S/C11H24O/c1-5-7-9-11(3,4)10(12)8-6-2/h10,12H,5-9H2,1-4H3. The summed E-state index contributed by atoms with van der Waals surface area (Å²) in [7, 11) is 0. The predicted molar refractivity (Wildman–Crippen MR) is 54.2 cm³/mol. The number of hydrogen-bond donors (Lipinski definition) is 1. The third-order valence-corrected chi connectivity index (χ3v) is 2.64. The molecular formula is C11H24O. The van der Waals surface area contributed by atoms with Crippen LogP contribution in [0.4, 0.5) is 0 Å². The first-order valence-electron chi connectivity index (χ1n) is 5.22. The van der Waals surface area contributed by atoms with Crippen molar-refractivity contribution in [3.05, 3.63) is 0 Å². The molecule has 0 spiro atoms. The average molecular weight is 172 g/mol. The normalized spacial score (nSPS) is 14.8. The molecule has 1 heteroatoms. The van der Waals surface area contributed by atoms with E-state index in [4.69, 9.17) is 0 Å². The first kappa shape index (κ1) is 12.0. The van der Waals surface area contributed by atoms with Gasteiger partial charge in [-0.1, -0.05) is 47.0 Å². The van der Waals surface area contributed by atoms with Gasteiger partial charge in [0.05, 0.1) is 6.10 Å². The number of aliphatic hydroxyl groups excluding tert-OH is 1. The van der Waals surface area contributed by atoms with Crippen LogP contribution in [0.3, 0.4) is 0 Å². The number of aliphatic hydroxyl groups is 1. The molecule has 0 rings (SSSR count). The molecule has 0 bridgehead atoms. The van der Waals surface area contributed by atoms with Gasteiger partial charge in [-0.3, -0.25) is 0 Å². The van der Waals surface area contributed by atoms with Gasteiger partial charge in [0.1, 0.15) is 0 Å². The second kappa shape index (κ2) is 5.58.